The normalized spacial score (nSPS) is 17.7. The topological polar surface area (TPSA) is 82.4 Å². The summed E-state index contributed by atoms with van der Waals surface area (Å²) in [4.78, 5) is 13.9. The number of carbonyl (C=O) groups excluding carboxylic acids is 1. The first-order valence-electron chi connectivity index (χ1n) is 7.71. The van der Waals surface area contributed by atoms with Gasteiger partial charge in [-0.05, 0) is 22.6 Å². The van der Waals surface area contributed by atoms with E-state index in [4.69, 9.17) is 9.47 Å². The molecular formula is C15H17F2N5O3. The number of hydrogen-bond acceptors (Lipinski definition) is 6. The minimum absolute atomic E-state index is 0.141. The average molecular weight is 353 g/mol. The van der Waals surface area contributed by atoms with Crippen molar-refractivity contribution < 1.29 is 23.0 Å². The van der Waals surface area contributed by atoms with Gasteiger partial charge in [-0.2, -0.15) is 0 Å². The predicted molar refractivity (Wildman–Crippen MR) is 80.6 cm³/mol. The average Bonchev–Trinajstić information content (AvgIpc) is 3.10. The lowest BCUT2D eigenvalue weighted by molar-refractivity contribution is -0.0293. The lowest BCUT2D eigenvalue weighted by Gasteiger charge is -2.32. The Labute approximate surface area is 142 Å². The largest absolute Gasteiger partial charge is 0.383 e. The van der Waals surface area contributed by atoms with Gasteiger partial charge in [0.2, 0.25) is 0 Å². The van der Waals surface area contributed by atoms with Crippen molar-refractivity contribution in [3.05, 3.63) is 41.2 Å². The standard InChI is InChI=1S/C15H17F2N5O3/c1-24-7-6-22-14(18-19-20-22)12-9-21(5-8-25-12)15(23)10-3-2-4-11(16)13(10)17/h2-4,12H,5-9H2,1H3. The van der Waals surface area contributed by atoms with E-state index in [1.807, 2.05) is 0 Å². The summed E-state index contributed by atoms with van der Waals surface area (Å²) in [6.45, 7) is 1.50. The molecule has 1 fully saturated rings. The van der Waals surface area contributed by atoms with Gasteiger partial charge in [0.15, 0.2) is 17.5 Å². The van der Waals surface area contributed by atoms with Gasteiger partial charge in [-0.15, -0.1) is 5.10 Å². The Morgan fingerprint density at radius 1 is 1.44 bits per heavy atom. The second-order valence-electron chi connectivity index (χ2n) is 5.47. The van der Waals surface area contributed by atoms with Gasteiger partial charge in [0, 0.05) is 13.7 Å². The van der Waals surface area contributed by atoms with Crippen molar-refractivity contribution in [2.45, 2.75) is 12.6 Å². The maximum Gasteiger partial charge on any atom is 0.257 e. The maximum atomic E-state index is 13.9. The van der Waals surface area contributed by atoms with Crippen molar-refractivity contribution in [1.82, 2.24) is 25.1 Å². The molecule has 134 valence electrons. The highest BCUT2D eigenvalue weighted by Crippen LogP contribution is 2.22. The number of rotatable bonds is 5. The third-order valence-corrected chi connectivity index (χ3v) is 3.89. The molecule has 0 bridgehead atoms. The zero-order valence-corrected chi connectivity index (χ0v) is 13.6. The molecule has 0 saturated carbocycles. The lowest BCUT2D eigenvalue weighted by Crippen LogP contribution is -2.43. The Bertz CT molecular complexity index is 755. The van der Waals surface area contributed by atoms with Crippen LogP contribution in [0.15, 0.2) is 18.2 Å². The van der Waals surface area contributed by atoms with E-state index in [9.17, 15) is 13.6 Å². The van der Waals surface area contributed by atoms with Crippen LogP contribution < -0.4 is 0 Å². The number of morpholine rings is 1. The molecule has 1 unspecified atom stereocenters. The van der Waals surface area contributed by atoms with Gasteiger partial charge in [0.25, 0.3) is 5.91 Å². The minimum Gasteiger partial charge on any atom is -0.383 e. The molecule has 1 aliphatic rings. The van der Waals surface area contributed by atoms with E-state index in [1.165, 1.54) is 21.7 Å². The van der Waals surface area contributed by atoms with Crippen LogP contribution in [0, 0.1) is 11.6 Å². The van der Waals surface area contributed by atoms with Crippen molar-refractivity contribution in [3.63, 3.8) is 0 Å². The number of benzene rings is 1. The lowest BCUT2D eigenvalue weighted by atomic mass is 10.1. The molecule has 1 aromatic heterocycles. The molecule has 3 rings (SSSR count). The van der Waals surface area contributed by atoms with E-state index in [-0.39, 0.29) is 25.3 Å². The minimum atomic E-state index is -1.15. The van der Waals surface area contributed by atoms with Crippen LogP contribution in [-0.4, -0.2) is 64.4 Å². The summed E-state index contributed by atoms with van der Waals surface area (Å²) in [6, 6.07) is 3.53. The molecule has 2 aromatic rings. The fraction of sp³-hybridized carbons (Fsp3) is 0.467. The molecule has 10 heteroatoms. The molecular weight excluding hydrogens is 336 g/mol. The van der Waals surface area contributed by atoms with Crippen LogP contribution in [0.2, 0.25) is 0 Å². The van der Waals surface area contributed by atoms with Crippen LogP contribution in [0.1, 0.15) is 22.3 Å². The van der Waals surface area contributed by atoms with Gasteiger partial charge in [-0.25, -0.2) is 13.5 Å². The summed E-state index contributed by atoms with van der Waals surface area (Å²) in [5.41, 5.74) is -0.306. The first-order chi connectivity index (χ1) is 12.1. The molecule has 2 heterocycles. The summed E-state index contributed by atoms with van der Waals surface area (Å²) in [5, 5.41) is 11.4. The Morgan fingerprint density at radius 2 is 2.28 bits per heavy atom. The van der Waals surface area contributed by atoms with E-state index in [1.54, 1.807) is 7.11 Å². The number of halogens is 2. The summed E-state index contributed by atoms with van der Waals surface area (Å²) >= 11 is 0. The zero-order chi connectivity index (χ0) is 17.8. The zero-order valence-electron chi connectivity index (χ0n) is 13.6. The fourth-order valence-electron chi connectivity index (χ4n) is 2.61. The SMILES string of the molecule is COCCn1nnnc1C1CN(C(=O)c2cccc(F)c2F)CCO1. The molecule has 0 N–H and O–H groups in total. The van der Waals surface area contributed by atoms with Gasteiger partial charge in [0.05, 0.1) is 31.9 Å². The third kappa shape index (κ3) is 3.64. The number of hydrogen-bond donors (Lipinski definition) is 0. The van der Waals surface area contributed by atoms with Gasteiger partial charge < -0.3 is 14.4 Å². The highest BCUT2D eigenvalue weighted by molar-refractivity contribution is 5.94. The van der Waals surface area contributed by atoms with Gasteiger partial charge >= 0.3 is 0 Å². The summed E-state index contributed by atoms with van der Waals surface area (Å²) in [5.74, 6) is -2.35. The Hall–Kier alpha value is -2.46. The summed E-state index contributed by atoms with van der Waals surface area (Å²) < 4.78 is 39.4. The van der Waals surface area contributed by atoms with Crippen molar-refractivity contribution in [2.75, 3.05) is 33.4 Å². The summed E-state index contributed by atoms with van der Waals surface area (Å²) in [7, 11) is 1.56. The van der Waals surface area contributed by atoms with Crippen molar-refractivity contribution in [3.8, 4) is 0 Å². The van der Waals surface area contributed by atoms with Crippen molar-refractivity contribution in [1.29, 1.82) is 0 Å². The molecule has 1 amide bonds. The Kier molecular flexibility index (Phi) is 5.29. The van der Waals surface area contributed by atoms with Crippen LogP contribution in [0.25, 0.3) is 0 Å². The quantitative estimate of drug-likeness (QED) is 0.791. The monoisotopic (exact) mass is 353 g/mol. The summed E-state index contributed by atoms with van der Waals surface area (Å²) in [6.07, 6.45) is -0.554. The second kappa shape index (κ2) is 7.62. The molecule has 1 aliphatic heterocycles. The van der Waals surface area contributed by atoms with Crippen LogP contribution in [0.5, 0.6) is 0 Å². The van der Waals surface area contributed by atoms with Crippen molar-refractivity contribution >= 4 is 5.91 Å². The van der Waals surface area contributed by atoms with Crippen molar-refractivity contribution in [2.24, 2.45) is 0 Å². The molecule has 1 aromatic carbocycles. The third-order valence-electron chi connectivity index (χ3n) is 3.89. The van der Waals surface area contributed by atoms with E-state index in [2.05, 4.69) is 15.5 Å². The molecule has 1 saturated heterocycles. The number of nitrogens with zero attached hydrogens (tertiary/aromatic N) is 5. The van der Waals surface area contributed by atoms with Gasteiger partial charge in [-0.3, -0.25) is 4.79 Å². The van der Waals surface area contributed by atoms with Crippen LogP contribution in [0.3, 0.4) is 0 Å². The molecule has 0 spiro atoms. The maximum absolute atomic E-state index is 13.9. The number of ether oxygens (including phenoxy) is 2. The van der Waals surface area contributed by atoms with E-state index >= 15 is 0 Å². The number of amides is 1. The number of aromatic nitrogens is 4. The van der Waals surface area contributed by atoms with Crippen LogP contribution >= 0.6 is 0 Å². The van der Waals surface area contributed by atoms with E-state index < -0.39 is 23.6 Å². The van der Waals surface area contributed by atoms with Gasteiger partial charge in [0.1, 0.15) is 6.10 Å². The van der Waals surface area contributed by atoms with E-state index in [0.29, 0.717) is 19.0 Å². The highest BCUT2D eigenvalue weighted by atomic mass is 19.2. The van der Waals surface area contributed by atoms with Crippen LogP contribution in [-0.2, 0) is 16.0 Å². The first-order valence-corrected chi connectivity index (χ1v) is 7.71. The fourth-order valence-corrected chi connectivity index (χ4v) is 2.61. The second-order valence-corrected chi connectivity index (χ2v) is 5.47. The highest BCUT2D eigenvalue weighted by Gasteiger charge is 2.31. The van der Waals surface area contributed by atoms with Gasteiger partial charge in [-0.1, -0.05) is 6.07 Å². The number of carbonyl (C=O) groups is 1. The van der Waals surface area contributed by atoms with E-state index in [0.717, 1.165) is 6.07 Å². The smallest absolute Gasteiger partial charge is 0.257 e. The first kappa shape index (κ1) is 17.4. The Morgan fingerprint density at radius 3 is 3.08 bits per heavy atom. The Balaban J connectivity index is 1.76. The molecule has 25 heavy (non-hydrogen) atoms. The predicted octanol–water partition coefficient (Wildman–Crippen LogP) is 0.811. The number of methoxy groups -OCH3 is 1. The molecule has 8 nitrogen and oxygen atoms in total. The molecule has 1 atom stereocenters. The molecule has 0 radical (unpaired) electrons. The van der Waals surface area contributed by atoms with Crippen LogP contribution in [0.4, 0.5) is 8.78 Å². The molecule has 0 aliphatic carbocycles. The number of tetrazole rings is 1.